The van der Waals surface area contributed by atoms with Crippen LogP contribution in [0.25, 0.3) is 11.1 Å². The monoisotopic (exact) mass is 777 g/mol. The lowest BCUT2D eigenvalue weighted by Gasteiger charge is -2.37. The van der Waals surface area contributed by atoms with Crippen LogP contribution in [0.4, 0.5) is 4.79 Å². The maximum Gasteiger partial charge on any atom is 0.411 e. The first-order valence-corrected chi connectivity index (χ1v) is 19.7. The fourth-order valence-corrected chi connectivity index (χ4v) is 7.50. The molecule has 0 unspecified atom stereocenters. The minimum Gasteiger partial charge on any atom is -0.458 e. The molecule has 5 aromatic carbocycles. The maximum atomic E-state index is 14.5. The molecule has 9 nitrogen and oxygen atoms in total. The molecule has 1 atom stereocenters. The molecular weight excluding hydrogens is 727 g/mol. The smallest absolute Gasteiger partial charge is 0.411 e. The second-order valence-corrected chi connectivity index (χ2v) is 15.9. The summed E-state index contributed by atoms with van der Waals surface area (Å²) in [4.78, 5) is 55.4. The van der Waals surface area contributed by atoms with E-state index in [1.807, 2.05) is 141 Å². The van der Waals surface area contributed by atoms with Crippen molar-refractivity contribution in [1.29, 1.82) is 0 Å². The van der Waals surface area contributed by atoms with Gasteiger partial charge in [0.05, 0.1) is 6.42 Å². The zero-order valence-electron chi connectivity index (χ0n) is 33.7. The van der Waals surface area contributed by atoms with Gasteiger partial charge in [0.1, 0.15) is 23.8 Å². The summed E-state index contributed by atoms with van der Waals surface area (Å²) in [5, 5.41) is 8.68. The van der Waals surface area contributed by atoms with Crippen LogP contribution in [-0.4, -0.2) is 42.1 Å². The SMILES string of the molecule is CC(C)C[C@H](NC(=O)/C(=C/NC(=O)OCC1c2ccccc2-c2ccccc21)CC(=O)NC(c1ccccc1)(c1ccccc1)c1ccccc1)C(=O)OC(C)(C)C. The second-order valence-electron chi connectivity index (χ2n) is 15.9. The summed E-state index contributed by atoms with van der Waals surface area (Å²) in [6, 6.07) is 43.9. The predicted molar refractivity (Wildman–Crippen MR) is 225 cm³/mol. The topological polar surface area (TPSA) is 123 Å². The second kappa shape index (κ2) is 18.2. The third kappa shape index (κ3) is 9.72. The lowest BCUT2D eigenvalue weighted by Crippen LogP contribution is -2.49. The van der Waals surface area contributed by atoms with E-state index in [1.165, 1.54) is 6.20 Å². The molecule has 0 radical (unpaired) electrons. The van der Waals surface area contributed by atoms with Crippen molar-refractivity contribution in [3.63, 3.8) is 0 Å². The van der Waals surface area contributed by atoms with Gasteiger partial charge < -0.3 is 20.1 Å². The van der Waals surface area contributed by atoms with Gasteiger partial charge in [-0.1, -0.05) is 153 Å². The standard InChI is InChI=1S/C49H51N3O6/c1-33(2)29-43(46(55)58-48(3,4)5)51-45(54)34(31-50-47(56)57-32-42-40-27-17-15-25-38(40)39-26-16-18-28-41(39)42)30-44(53)52-49(35-19-9-6-10-20-35,36-21-11-7-12-22-36)37-23-13-8-14-24-37/h6-28,31,33,42-43H,29-30,32H2,1-5H3,(H,50,56)(H,51,54)(H,52,53)/b34-31+/t43-/m0/s1. The highest BCUT2D eigenvalue weighted by Gasteiger charge is 2.38. The van der Waals surface area contributed by atoms with E-state index in [9.17, 15) is 19.2 Å². The van der Waals surface area contributed by atoms with Gasteiger partial charge in [0.15, 0.2) is 0 Å². The largest absolute Gasteiger partial charge is 0.458 e. The van der Waals surface area contributed by atoms with Crippen molar-refractivity contribution in [3.05, 3.63) is 179 Å². The summed E-state index contributed by atoms with van der Waals surface area (Å²) in [5.74, 6) is -1.97. The van der Waals surface area contributed by atoms with Gasteiger partial charge in [-0.2, -0.15) is 0 Å². The number of esters is 1. The van der Waals surface area contributed by atoms with Crippen LogP contribution in [0, 0.1) is 5.92 Å². The van der Waals surface area contributed by atoms with Gasteiger partial charge in [0, 0.05) is 17.7 Å². The van der Waals surface area contributed by atoms with E-state index >= 15 is 0 Å². The average molecular weight is 778 g/mol. The van der Waals surface area contributed by atoms with Crippen LogP contribution in [0.1, 0.15) is 81.2 Å². The number of nitrogens with one attached hydrogen (secondary N) is 3. The molecule has 0 aromatic heterocycles. The van der Waals surface area contributed by atoms with Crippen LogP contribution in [0.15, 0.2) is 151 Å². The molecule has 298 valence electrons. The van der Waals surface area contributed by atoms with E-state index < -0.39 is 47.5 Å². The number of rotatable bonds is 14. The Balaban J connectivity index is 1.30. The molecule has 5 aromatic rings. The summed E-state index contributed by atoms with van der Waals surface area (Å²) in [6.07, 6.45) is 0.224. The third-order valence-electron chi connectivity index (χ3n) is 10.0. The van der Waals surface area contributed by atoms with E-state index in [0.717, 1.165) is 38.9 Å². The number of carbonyl (C=O) groups is 4. The molecular formula is C49H51N3O6. The predicted octanol–water partition coefficient (Wildman–Crippen LogP) is 8.78. The van der Waals surface area contributed by atoms with E-state index in [-0.39, 0.29) is 24.0 Å². The molecule has 3 amide bonds. The first-order valence-electron chi connectivity index (χ1n) is 19.7. The van der Waals surface area contributed by atoms with Crippen LogP contribution in [0.2, 0.25) is 0 Å². The van der Waals surface area contributed by atoms with Crippen LogP contribution < -0.4 is 16.0 Å². The first-order chi connectivity index (χ1) is 27.9. The van der Waals surface area contributed by atoms with Gasteiger partial charge in [-0.3, -0.25) is 14.9 Å². The number of hydrogen-bond donors (Lipinski definition) is 3. The molecule has 6 rings (SSSR count). The molecule has 0 saturated heterocycles. The molecule has 3 N–H and O–H groups in total. The van der Waals surface area contributed by atoms with Crippen molar-refractivity contribution in [2.45, 2.75) is 70.6 Å². The molecule has 0 fully saturated rings. The molecule has 0 saturated carbocycles. The molecule has 1 aliphatic rings. The third-order valence-corrected chi connectivity index (χ3v) is 10.0. The summed E-state index contributed by atoms with van der Waals surface area (Å²) in [7, 11) is 0. The number of amides is 3. The Morgan fingerprint density at radius 3 is 1.60 bits per heavy atom. The molecule has 0 spiro atoms. The van der Waals surface area contributed by atoms with E-state index in [1.54, 1.807) is 20.8 Å². The van der Waals surface area contributed by atoms with Gasteiger partial charge in [-0.25, -0.2) is 9.59 Å². The summed E-state index contributed by atoms with van der Waals surface area (Å²) in [5.41, 5.74) is 4.66. The number of fused-ring (bicyclic) bond motifs is 3. The molecule has 9 heteroatoms. The number of benzene rings is 5. The fraction of sp³-hybridized carbons (Fsp3) is 0.265. The van der Waals surface area contributed by atoms with Crippen molar-refractivity contribution < 1.29 is 28.7 Å². The van der Waals surface area contributed by atoms with Crippen molar-refractivity contribution in [2.24, 2.45) is 5.92 Å². The zero-order valence-corrected chi connectivity index (χ0v) is 33.7. The Kier molecular flexibility index (Phi) is 12.9. The van der Waals surface area contributed by atoms with Gasteiger partial charge in [-0.15, -0.1) is 0 Å². The first kappa shape index (κ1) is 41.2. The fourth-order valence-electron chi connectivity index (χ4n) is 7.50. The van der Waals surface area contributed by atoms with Gasteiger partial charge >= 0.3 is 12.1 Å². The highest BCUT2D eigenvalue weighted by atomic mass is 16.6. The number of hydrogen-bond acceptors (Lipinski definition) is 6. The molecule has 0 aliphatic heterocycles. The normalized spacial score (nSPS) is 13.2. The lowest BCUT2D eigenvalue weighted by atomic mass is 9.77. The lowest BCUT2D eigenvalue weighted by molar-refractivity contribution is -0.158. The maximum absolute atomic E-state index is 14.5. The number of ether oxygens (including phenoxy) is 2. The Morgan fingerprint density at radius 1 is 0.672 bits per heavy atom. The minimum atomic E-state index is -1.15. The quantitative estimate of drug-likeness (QED) is 0.0589. The van der Waals surface area contributed by atoms with Gasteiger partial charge in [-0.05, 0) is 72.1 Å². The Hall–Kier alpha value is -6.48. The van der Waals surface area contributed by atoms with Crippen LogP contribution in [0.5, 0.6) is 0 Å². The molecule has 0 bridgehead atoms. The van der Waals surface area contributed by atoms with Gasteiger partial charge in [0.2, 0.25) is 11.8 Å². The van der Waals surface area contributed by atoms with E-state index in [2.05, 4.69) is 28.1 Å². The highest BCUT2D eigenvalue weighted by molar-refractivity contribution is 6.01. The highest BCUT2D eigenvalue weighted by Crippen LogP contribution is 2.44. The van der Waals surface area contributed by atoms with Gasteiger partial charge in [0.25, 0.3) is 0 Å². The molecule has 0 heterocycles. The van der Waals surface area contributed by atoms with Crippen molar-refractivity contribution >= 4 is 23.9 Å². The summed E-state index contributed by atoms with van der Waals surface area (Å²) >= 11 is 0. The van der Waals surface area contributed by atoms with Crippen LogP contribution in [0.3, 0.4) is 0 Å². The van der Waals surface area contributed by atoms with Crippen molar-refractivity contribution in [1.82, 2.24) is 16.0 Å². The Labute approximate surface area is 340 Å². The average Bonchev–Trinajstić information content (AvgIpc) is 3.54. The van der Waals surface area contributed by atoms with Crippen molar-refractivity contribution in [2.75, 3.05) is 6.61 Å². The van der Waals surface area contributed by atoms with E-state index in [4.69, 9.17) is 9.47 Å². The number of alkyl carbamates (subject to hydrolysis) is 1. The van der Waals surface area contributed by atoms with Crippen LogP contribution in [-0.2, 0) is 29.4 Å². The minimum absolute atomic E-state index is 0.0238. The van der Waals surface area contributed by atoms with E-state index in [0.29, 0.717) is 6.42 Å². The molecule has 1 aliphatic carbocycles. The summed E-state index contributed by atoms with van der Waals surface area (Å²) in [6.45, 7) is 9.19. The summed E-state index contributed by atoms with van der Waals surface area (Å²) < 4.78 is 11.4. The Bertz CT molecular complexity index is 2100. The van der Waals surface area contributed by atoms with Crippen molar-refractivity contribution in [3.8, 4) is 11.1 Å². The van der Waals surface area contributed by atoms with Crippen LogP contribution >= 0.6 is 0 Å². The number of carbonyl (C=O) groups excluding carboxylic acids is 4. The molecule has 58 heavy (non-hydrogen) atoms. The Morgan fingerprint density at radius 2 is 1.14 bits per heavy atom. The zero-order chi connectivity index (χ0) is 41.3.